The summed E-state index contributed by atoms with van der Waals surface area (Å²) in [4.78, 5) is 0. The summed E-state index contributed by atoms with van der Waals surface area (Å²) in [7, 11) is 0. The summed E-state index contributed by atoms with van der Waals surface area (Å²) in [6, 6.07) is 6.22. The van der Waals surface area contributed by atoms with Crippen LogP contribution in [0, 0.1) is 13.8 Å². The average molecular weight is 281 g/mol. The number of aromatic hydroxyl groups is 2. The van der Waals surface area contributed by atoms with E-state index >= 15 is 0 Å². The number of benzene rings is 2. The Morgan fingerprint density at radius 2 is 1.86 bits per heavy atom. The number of rotatable bonds is 0. The second-order valence-corrected chi connectivity index (χ2v) is 6.25. The molecule has 2 aromatic rings. The van der Waals surface area contributed by atoms with Gasteiger partial charge in [0.25, 0.3) is 0 Å². The standard InChI is InChI=1S/C18H19NO2/c1-9-6-13-12(8-15(9)20)7-14-16-11(3-4-19-14)5-10(2)18(21)17(13)16/h5-6,8,14,19-21H,3-4,7H2,1-2H3. The van der Waals surface area contributed by atoms with Crippen molar-refractivity contribution in [3.8, 4) is 22.6 Å². The first kappa shape index (κ1) is 12.7. The maximum Gasteiger partial charge on any atom is 0.126 e. The Hall–Kier alpha value is -2.00. The molecule has 1 unspecified atom stereocenters. The summed E-state index contributed by atoms with van der Waals surface area (Å²) in [5, 5.41) is 24.2. The fourth-order valence-electron chi connectivity index (χ4n) is 3.79. The largest absolute Gasteiger partial charge is 0.508 e. The van der Waals surface area contributed by atoms with E-state index in [0.717, 1.165) is 47.2 Å². The number of hydrogen-bond donors (Lipinski definition) is 3. The fraction of sp³-hybridized carbons (Fsp3) is 0.333. The monoisotopic (exact) mass is 281 g/mol. The van der Waals surface area contributed by atoms with E-state index in [1.165, 1.54) is 11.1 Å². The van der Waals surface area contributed by atoms with Crippen LogP contribution in [0.3, 0.4) is 0 Å². The van der Waals surface area contributed by atoms with Gasteiger partial charge >= 0.3 is 0 Å². The minimum Gasteiger partial charge on any atom is -0.508 e. The van der Waals surface area contributed by atoms with Gasteiger partial charge in [0, 0.05) is 11.6 Å². The first-order valence-corrected chi connectivity index (χ1v) is 7.48. The molecule has 4 rings (SSSR count). The minimum atomic E-state index is 0.241. The molecule has 0 aromatic heterocycles. The van der Waals surface area contributed by atoms with Crippen LogP contribution in [0.5, 0.6) is 11.5 Å². The number of phenols is 2. The van der Waals surface area contributed by atoms with Gasteiger partial charge in [0.15, 0.2) is 0 Å². The lowest BCUT2D eigenvalue weighted by molar-refractivity contribution is 0.455. The maximum atomic E-state index is 10.6. The van der Waals surface area contributed by atoms with E-state index < -0.39 is 0 Å². The lowest BCUT2D eigenvalue weighted by atomic mass is 9.76. The lowest BCUT2D eigenvalue weighted by Gasteiger charge is -2.35. The van der Waals surface area contributed by atoms with Gasteiger partial charge in [-0.1, -0.05) is 6.07 Å². The number of phenolic OH excluding ortho intramolecular Hbond substituents is 2. The highest BCUT2D eigenvalue weighted by atomic mass is 16.3. The molecule has 0 bridgehead atoms. The molecule has 1 atom stereocenters. The molecule has 1 aliphatic carbocycles. The van der Waals surface area contributed by atoms with Gasteiger partial charge in [-0.25, -0.2) is 0 Å². The lowest BCUT2D eigenvalue weighted by Crippen LogP contribution is -2.33. The van der Waals surface area contributed by atoms with Crippen molar-refractivity contribution >= 4 is 0 Å². The Kier molecular flexibility index (Phi) is 2.57. The van der Waals surface area contributed by atoms with E-state index in [1.807, 2.05) is 26.0 Å². The predicted octanol–water partition coefficient (Wildman–Crippen LogP) is 3.12. The molecule has 3 N–H and O–H groups in total. The van der Waals surface area contributed by atoms with Crippen molar-refractivity contribution in [1.82, 2.24) is 5.32 Å². The summed E-state index contributed by atoms with van der Waals surface area (Å²) in [6.07, 6.45) is 1.87. The zero-order valence-corrected chi connectivity index (χ0v) is 12.3. The molecular weight excluding hydrogens is 262 g/mol. The van der Waals surface area contributed by atoms with E-state index in [0.29, 0.717) is 11.5 Å². The van der Waals surface area contributed by atoms with Crippen molar-refractivity contribution < 1.29 is 10.2 Å². The maximum absolute atomic E-state index is 10.6. The van der Waals surface area contributed by atoms with Crippen molar-refractivity contribution in [3.05, 3.63) is 46.0 Å². The van der Waals surface area contributed by atoms with Crippen LogP contribution in [-0.2, 0) is 12.8 Å². The van der Waals surface area contributed by atoms with Crippen LogP contribution in [0.2, 0.25) is 0 Å². The summed E-state index contributed by atoms with van der Waals surface area (Å²) in [5.74, 6) is 0.717. The summed E-state index contributed by atoms with van der Waals surface area (Å²) < 4.78 is 0. The fourth-order valence-corrected chi connectivity index (χ4v) is 3.79. The van der Waals surface area contributed by atoms with Crippen LogP contribution < -0.4 is 5.32 Å². The smallest absolute Gasteiger partial charge is 0.126 e. The highest BCUT2D eigenvalue weighted by Crippen LogP contribution is 2.48. The molecule has 3 nitrogen and oxygen atoms in total. The number of aryl methyl sites for hydroxylation is 2. The van der Waals surface area contributed by atoms with Gasteiger partial charge in [-0.2, -0.15) is 0 Å². The zero-order valence-electron chi connectivity index (χ0n) is 12.3. The zero-order chi connectivity index (χ0) is 14.7. The van der Waals surface area contributed by atoms with Crippen molar-refractivity contribution in [1.29, 1.82) is 0 Å². The van der Waals surface area contributed by atoms with Crippen molar-refractivity contribution in [2.45, 2.75) is 32.7 Å². The SMILES string of the molecule is Cc1cc2c(cc1O)CC1NCCc3cc(C)c(O)c-2c31. The van der Waals surface area contributed by atoms with Crippen molar-refractivity contribution in [2.75, 3.05) is 6.54 Å². The molecule has 3 heteroatoms. The number of nitrogens with one attached hydrogen (secondary N) is 1. The van der Waals surface area contributed by atoms with Crippen LogP contribution >= 0.6 is 0 Å². The predicted molar refractivity (Wildman–Crippen MR) is 82.8 cm³/mol. The van der Waals surface area contributed by atoms with Gasteiger partial charge in [-0.05, 0) is 78.7 Å². The summed E-state index contributed by atoms with van der Waals surface area (Å²) in [5.41, 5.74) is 7.53. The molecule has 0 radical (unpaired) electrons. The van der Waals surface area contributed by atoms with Crippen LogP contribution in [0.4, 0.5) is 0 Å². The van der Waals surface area contributed by atoms with Crippen LogP contribution in [-0.4, -0.2) is 16.8 Å². The van der Waals surface area contributed by atoms with E-state index in [9.17, 15) is 10.2 Å². The highest BCUT2D eigenvalue weighted by Gasteiger charge is 2.32. The van der Waals surface area contributed by atoms with Crippen LogP contribution in [0.15, 0.2) is 18.2 Å². The van der Waals surface area contributed by atoms with E-state index in [-0.39, 0.29) is 6.04 Å². The first-order valence-electron chi connectivity index (χ1n) is 7.48. The third kappa shape index (κ3) is 1.70. The topological polar surface area (TPSA) is 52.5 Å². The molecule has 0 saturated carbocycles. The number of fused-ring (bicyclic) bond motifs is 2. The molecular formula is C18H19NO2. The molecule has 1 aliphatic heterocycles. The van der Waals surface area contributed by atoms with Crippen LogP contribution in [0.1, 0.15) is 33.9 Å². The second kappa shape index (κ2) is 4.25. The molecule has 0 amide bonds. The summed E-state index contributed by atoms with van der Waals surface area (Å²) >= 11 is 0. The van der Waals surface area contributed by atoms with E-state index in [2.05, 4.69) is 11.4 Å². The van der Waals surface area contributed by atoms with E-state index in [4.69, 9.17) is 0 Å². The van der Waals surface area contributed by atoms with Crippen molar-refractivity contribution in [3.63, 3.8) is 0 Å². The third-order valence-corrected chi connectivity index (χ3v) is 4.87. The van der Waals surface area contributed by atoms with Gasteiger partial charge in [0.1, 0.15) is 11.5 Å². The molecule has 1 heterocycles. The summed E-state index contributed by atoms with van der Waals surface area (Å²) in [6.45, 7) is 4.83. The first-order chi connectivity index (χ1) is 10.1. The molecule has 2 aliphatic rings. The third-order valence-electron chi connectivity index (χ3n) is 4.87. The van der Waals surface area contributed by atoms with Crippen molar-refractivity contribution in [2.24, 2.45) is 0 Å². The minimum absolute atomic E-state index is 0.241. The Morgan fingerprint density at radius 3 is 2.67 bits per heavy atom. The highest BCUT2D eigenvalue weighted by molar-refractivity contribution is 5.82. The van der Waals surface area contributed by atoms with Crippen LogP contribution in [0.25, 0.3) is 11.1 Å². The molecule has 21 heavy (non-hydrogen) atoms. The van der Waals surface area contributed by atoms with Gasteiger partial charge in [0.2, 0.25) is 0 Å². The quantitative estimate of drug-likeness (QED) is 0.695. The Morgan fingerprint density at radius 1 is 1.05 bits per heavy atom. The molecule has 0 fully saturated rings. The Bertz CT molecular complexity index is 765. The Balaban J connectivity index is 2.09. The number of hydrogen-bond acceptors (Lipinski definition) is 3. The normalized spacial score (nSPS) is 19.0. The molecule has 108 valence electrons. The van der Waals surface area contributed by atoms with E-state index in [1.54, 1.807) is 0 Å². The Labute approximate surface area is 124 Å². The van der Waals surface area contributed by atoms with Gasteiger partial charge in [0.05, 0.1) is 0 Å². The second-order valence-electron chi connectivity index (χ2n) is 6.25. The van der Waals surface area contributed by atoms with Gasteiger partial charge in [-0.3, -0.25) is 0 Å². The molecule has 0 spiro atoms. The van der Waals surface area contributed by atoms with Gasteiger partial charge in [-0.15, -0.1) is 0 Å². The average Bonchev–Trinajstić information content (AvgIpc) is 2.45. The van der Waals surface area contributed by atoms with Gasteiger partial charge < -0.3 is 15.5 Å². The molecule has 0 saturated heterocycles. The molecule has 2 aromatic carbocycles.